The molecule has 0 radical (unpaired) electrons. The highest BCUT2D eigenvalue weighted by molar-refractivity contribution is 7.99. The molecule has 0 spiro atoms. The summed E-state index contributed by atoms with van der Waals surface area (Å²) in [6, 6.07) is 6.95. The molecule has 0 aliphatic carbocycles. The van der Waals surface area contributed by atoms with Gasteiger partial charge in [0.15, 0.2) is 0 Å². The number of hydrogen-bond donors (Lipinski definition) is 2. The first-order valence-electron chi connectivity index (χ1n) is 7.64. The number of nitrogens with zero attached hydrogens (tertiary/aromatic N) is 1. The van der Waals surface area contributed by atoms with Crippen LogP contribution in [0.3, 0.4) is 0 Å². The Morgan fingerprint density at radius 3 is 2.92 bits per heavy atom. The smallest absolute Gasteiger partial charge is 0.408 e. The van der Waals surface area contributed by atoms with Crippen molar-refractivity contribution in [3.63, 3.8) is 0 Å². The highest BCUT2D eigenvalue weighted by Crippen LogP contribution is 2.36. The molecule has 2 heterocycles. The largest absolute Gasteiger partial charge is 0.444 e. The average molecular weight is 345 g/mol. The zero-order valence-corrected chi connectivity index (χ0v) is 14.6. The Kier molecular flexibility index (Phi) is 4.36. The highest BCUT2D eigenvalue weighted by Gasteiger charge is 2.28. The monoisotopic (exact) mass is 345 g/mol. The number of pyridine rings is 1. The van der Waals surface area contributed by atoms with Gasteiger partial charge in [0.25, 0.3) is 0 Å². The summed E-state index contributed by atoms with van der Waals surface area (Å²) in [7, 11) is 0. The molecular formula is C17H19N3O3S. The van der Waals surface area contributed by atoms with Crippen LogP contribution in [0.15, 0.2) is 35.4 Å². The topological polar surface area (TPSA) is 80.3 Å². The molecule has 2 N–H and O–H groups in total. The van der Waals surface area contributed by atoms with Gasteiger partial charge in [-0.25, -0.2) is 4.79 Å². The number of benzene rings is 1. The van der Waals surface area contributed by atoms with Crippen LogP contribution in [-0.4, -0.2) is 34.4 Å². The van der Waals surface area contributed by atoms with Crippen LogP contribution >= 0.6 is 11.8 Å². The summed E-state index contributed by atoms with van der Waals surface area (Å²) in [5.41, 5.74) is 0.947. The molecule has 2 aromatic rings. The van der Waals surface area contributed by atoms with E-state index >= 15 is 0 Å². The molecule has 3 rings (SSSR count). The Morgan fingerprint density at radius 1 is 1.38 bits per heavy atom. The van der Waals surface area contributed by atoms with Gasteiger partial charge >= 0.3 is 6.09 Å². The number of carbonyl (C=O) groups excluding carboxylic acids is 2. The van der Waals surface area contributed by atoms with E-state index in [0.29, 0.717) is 5.75 Å². The number of fused-ring (bicyclic) bond motifs is 3. The summed E-state index contributed by atoms with van der Waals surface area (Å²) in [6.45, 7) is 5.34. The van der Waals surface area contributed by atoms with E-state index in [0.717, 1.165) is 21.5 Å². The van der Waals surface area contributed by atoms with Crippen molar-refractivity contribution in [2.75, 3.05) is 11.1 Å². The lowest BCUT2D eigenvalue weighted by Gasteiger charge is -2.22. The molecule has 1 aromatic carbocycles. The number of anilines is 1. The number of aromatic nitrogens is 1. The van der Waals surface area contributed by atoms with Crippen LogP contribution < -0.4 is 10.6 Å². The Hall–Kier alpha value is -2.28. The zero-order chi connectivity index (χ0) is 17.3. The fraction of sp³-hybridized carbons (Fsp3) is 0.353. The van der Waals surface area contributed by atoms with Crippen LogP contribution in [0.2, 0.25) is 0 Å². The molecule has 0 saturated heterocycles. The van der Waals surface area contributed by atoms with Crippen molar-refractivity contribution in [2.45, 2.75) is 37.3 Å². The van der Waals surface area contributed by atoms with E-state index in [-0.39, 0.29) is 5.91 Å². The normalized spacial score (nSPS) is 17.6. The van der Waals surface area contributed by atoms with Gasteiger partial charge in [-0.2, -0.15) is 0 Å². The Labute approximate surface area is 144 Å². The molecule has 1 aliphatic rings. The Morgan fingerprint density at radius 2 is 2.17 bits per heavy atom. The summed E-state index contributed by atoms with van der Waals surface area (Å²) in [4.78, 5) is 29.7. The number of carbonyl (C=O) groups is 2. The van der Waals surface area contributed by atoms with Gasteiger partial charge in [-0.05, 0) is 45.0 Å². The molecule has 7 heteroatoms. The van der Waals surface area contributed by atoms with Crippen molar-refractivity contribution in [1.29, 1.82) is 0 Å². The Balaban J connectivity index is 1.81. The minimum Gasteiger partial charge on any atom is -0.444 e. The van der Waals surface area contributed by atoms with Gasteiger partial charge in [0.05, 0.1) is 11.2 Å². The summed E-state index contributed by atoms with van der Waals surface area (Å²) in [5.74, 6) is 0.174. The predicted molar refractivity (Wildman–Crippen MR) is 94.3 cm³/mol. The fourth-order valence-electron chi connectivity index (χ4n) is 2.40. The number of alkyl carbamates (subject to hydrolysis) is 1. The third kappa shape index (κ3) is 3.62. The first kappa shape index (κ1) is 16.6. The van der Waals surface area contributed by atoms with E-state index in [4.69, 9.17) is 4.74 Å². The number of amides is 2. The van der Waals surface area contributed by atoms with Crippen LogP contribution in [0.5, 0.6) is 0 Å². The molecule has 1 aromatic heterocycles. The summed E-state index contributed by atoms with van der Waals surface area (Å²) < 4.78 is 5.23. The van der Waals surface area contributed by atoms with E-state index in [1.807, 2.05) is 24.3 Å². The Bertz CT molecular complexity index is 801. The van der Waals surface area contributed by atoms with Crippen LogP contribution in [0.4, 0.5) is 10.5 Å². The second-order valence-corrected chi connectivity index (χ2v) is 7.57. The van der Waals surface area contributed by atoms with E-state index in [1.54, 1.807) is 27.0 Å². The lowest BCUT2D eigenvalue weighted by atomic mass is 10.1. The maximum atomic E-state index is 12.5. The molecule has 1 aliphatic heterocycles. The van der Waals surface area contributed by atoms with Gasteiger partial charge in [-0.1, -0.05) is 0 Å². The molecule has 0 unspecified atom stereocenters. The minimum absolute atomic E-state index is 0.261. The van der Waals surface area contributed by atoms with Crippen LogP contribution in [0.1, 0.15) is 20.8 Å². The van der Waals surface area contributed by atoms with E-state index < -0.39 is 17.7 Å². The van der Waals surface area contributed by atoms with Crippen LogP contribution in [0.25, 0.3) is 10.9 Å². The summed E-state index contributed by atoms with van der Waals surface area (Å²) in [6.07, 6.45) is 1.12. The van der Waals surface area contributed by atoms with Crippen LogP contribution in [0, 0.1) is 0 Å². The molecule has 24 heavy (non-hydrogen) atoms. The minimum atomic E-state index is -0.663. The van der Waals surface area contributed by atoms with Crippen molar-refractivity contribution >= 4 is 40.4 Å². The standard InChI is InChI=1S/C17H19N3O3S/c1-17(2,3)23-16(22)19-12-9-24-13-7-6-11-10(5-4-8-18-11)14(13)20-15(12)21/h4-8,12H,9H2,1-3H3,(H,19,22)(H,20,21)/t12-/m0/s1. The lowest BCUT2D eigenvalue weighted by Crippen LogP contribution is -2.46. The van der Waals surface area contributed by atoms with Gasteiger partial charge in [0.1, 0.15) is 11.6 Å². The van der Waals surface area contributed by atoms with Gasteiger partial charge in [0, 0.05) is 22.2 Å². The van der Waals surface area contributed by atoms with Gasteiger partial charge in [-0.3, -0.25) is 9.78 Å². The second-order valence-electron chi connectivity index (χ2n) is 6.51. The number of hydrogen-bond acceptors (Lipinski definition) is 5. The van der Waals surface area contributed by atoms with Gasteiger partial charge < -0.3 is 15.4 Å². The first-order chi connectivity index (χ1) is 11.3. The number of rotatable bonds is 1. The summed E-state index contributed by atoms with van der Waals surface area (Å²) in [5, 5.41) is 6.44. The number of ether oxygens (including phenoxy) is 1. The fourth-order valence-corrected chi connectivity index (χ4v) is 3.45. The molecule has 2 amide bonds. The third-order valence-electron chi connectivity index (χ3n) is 3.41. The summed E-state index contributed by atoms with van der Waals surface area (Å²) >= 11 is 1.51. The quantitative estimate of drug-likeness (QED) is 0.830. The number of thioether (sulfide) groups is 1. The molecular weight excluding hydrogens is 326 g/mol. The predicted octanol–water partition coefficient (Wildman–Crippen LogP) is 3.17. The van der Waals surface area contributed by atoms with Crippen molar-refractivity contribution in [1.82, 2.24) is 10.3 Å². The molecule has 0 saturated carbocycles. The second kappa shape index (κ2) is 6.32. The maximum Gasteiger partial charge on any atom is 0.408 e. The molecule has 0 fully saturated rings. The van der Waals surface area contributed by atoms with E-state index in [1.165, 1.54) is 11.8 Å². The number of nitrogens with one attached hydrogen (secondary N) is 2. The van der Waals surface area contributed by atoms with Gasteiger partial charge in [-0.15, -0.1) is 11.8 Å². The first-order valence-corrected chi connectivity index (χ1v) is 8.63. The molecule has 126 valence electrons. The van der Waals surface area contributed by atoms with Crippen molar-refractivity contribution in [3.05, 3.63) is 30.5 Å². The average Bonchev–Trinajstić information content (AvgIpc) is 2.65. The van der Waals surface area contributed by atoms with E-state index in [2.05, 4.69) is 15.6 Å². The van der Waals surface area contributed by atoms with Crippen molar-refractivity contribution < 1.29 is 14.3 Å². The van der Waals surface area contributed by atoms with E-state index in [9.17, 15) is 9.59 Å². The third-order valence-corrected chi connectivity index (χ3v) is 4.56. The van der Waals surface area contributed by atoms with Crippen LogP contribution in [-0.2, 0) is 9.53 Å². The van der Waals surface area contributed by atoms with Gasteiger partial charge in [0.2, 0.25) is 5.91 Å². The van der Waals surface area contributed by atoms with Crippen molar-refractivity contribution in [2.24, 2.45) is 0 Å². The molecule has 1 atom stereocenters. The van der Waals surface area contributed by atoms with Crippen molar-refractivity contribution in [3.8, 4) is 0 Å². The SMILES string of the molecule is CC(C)(C)OC(=O)N[C@H]1CSc2ccc3ncccc3c2NC1=O. The lowest BCUT2D eigenvalue weighted by molar-refractivity contribution is -0.117. The molecule has 0 bridgehead atoms. The zero-order valence-electron chi connectivity index (χ0n) is 13.8. The highest BCUT2D eigenvalue weighted by atomic mass is 32.2. The molecule has 6 nitrogen and oxygen atoms in total. The maximum absolute atomic E-state index is 12.5.